The van der Waals surface area contributed by atoms with E-state index in [4.69, 9.17) is 4.74 Å². The molecule has 0 amide bonds. The summed E-state index contributed by atoms with van der Waals surface area (Å²) in [6.07, 6.45) is -3.72. The number of aromatic nitrogens is 2. The number of imidazole rings is 1. The number of benzene rings is 1. The Kier molecular flexibility index (Phi) is 4.15. The van der Waals surface area contributed by atoms with Crippen molar-refractivity contribution in [3.63, 3.8) is 0 Å². The summed E-state index contributed by atoms with van der Waals surface area (Å²) in [5, 5.41) is 29.4. The number of aromatic hydroxyl groups is 1. The Morgan fingerprint density at radius 3 is 2.78 bits per heavy atom. The predicted octanol–water partition coefficient (Wildman–Crippen LogP) is -1.79. The van der Waals surface area contributed by atoms with E-state index in [0.717, 1.165) is 0 Å². The summed E-state index contributed by atoms with van der Waals surface area (Å²) in [6.45, 7) is -0.702. The first kappa shape index (κ1) is 16.3. The average molecular weight is 344 g/mol. The molecule has 10 nitrogen and oxygen atoms in total. The number of hydrogen-bond acceptors (Lipinski definition) is 9. The van der Waals surface area contributed by atoms with Gasteiger partial charge >= 0.3 is 0 Å². The lowest BCUT2D eigenvalue weighted by Gasteiger charge is -2.30. The molecule has 0 saturated carbocycles. The minimum Gasteiger partial charge on any atom is -0.790 e. The Morgan fingerprint density at radius 1 is 1.35 bits per heavy atom. The van der Waals surface area contributed by atoms with Crippen LogP contribution >= 0.6 is 7.82 Å². The van der Waals surface area contributed by atoms with Crippen molar-refractivity contribution in [1.29, 1.82) is 0 Å². The second-order valence-corrected chi connectivity index (χ2v) is 6.27. The summed E-state index contributed by atoms with van der Waals surface area (Å²) in [5.41, 5.74) is 0.970. The van der Waals surface area contributed by atoms with E-state index in [9.17, 15) is 29.7 Å². The van der Waals surface area contributed by atoms with Crippen molar-refractivity contribution in [2.75, 3.05) is 6.61 Å². The average Bonchev–Trinajstić information content (AvgIpc) is 2.99. The van der Waals surface area contributed by atoms with Crippen molar-refractivity contribution in [2.45, 2.75) is 24.5 Å². The van der Waals surface area contributed by atoms with E-state index in [2.05, 4.69) is 9.51 Å². The summed E-state index contributed by atoms with van der Waals surface area (Å²) in [7, 11) is -5.21. The molecule has 0 bridgehead atoms. The lowest BCUT2D eigenvalue weighted by atomic mass is 10.1. The van der Waals surface area contributed by atoms with Crippen LogP contribution in [0.15, 0.2) is 24.5 Å². The van der Waals surface area contributed by atoms with Gasteiger partial charge in [-0.2, -0.15) is 0 Å². The van der Waals surface area contributed by atoms with Crippen LogP contribution in [0.5, 0.6) is 5.75 Å². The van der Waals surface area contributed by atoms with Crippen LogP contribution in [-0.4, -0.2) is 49.8 Å². The molecule has 0 spiro atoms. The predicted molar refractivity (Wildman–Crippen MR) is 70.9 cm³/mol. The van der Waals surface area contributed by atoms with Crippen molar-refractivity contribution < 1.29 is 38.9 Å². The third kappa shape index (κ3) is 3.24. The molecule has 1 aromatic heterocycles. The summed E-state index contributed by atoms with van der Waals surface area (Å²) in [6, 6.07) is 4.38. The van der Waals surface area contributed by atoms with Gasteiger partial charge in [0.15, 0.2) is 6.23 Å². The molecule has 2 aromatic rings. The Bertz CT molecular complexity index is 759. The van der Waals surface area contributed by atoms with Crippen LogP contribution in [0.1, 0.15) is 6.23 Å². The molecule has 3 N–H and O–H groups in total. The van der Waals surface area contributed by atoms with Crippen LogP contribution < -0.4 is 9.79 Å². The molecule has 126 valence electrons. The molecule has 23 heavy (non-hydrogen) atoms. The Balaban J connectivity index is 1.83. The number of ether oxygens (including phenoxy) is 1. The molecule has 3 rings (SSSR count). The van der Waals surface area contributed by atoms with Crippen LogP contribution in [0, 0.1) is 0 Å². The number of phosphoric ester groups is 1. The highest BCUT2D eigenvalue weighted by Crippen LogP contribution is 2.34. The molecule has 11 heteroatoms. The Labute approximate surface area is 129 Å². The van der Waals surface area contributed by atoms with Crippen LogP contribution in [0.4, 0.5) is 0 Å². The van der Waals surface area contributed by atoms with E-state index in [1.165, 1.54) is 23.0 Å². The summed E-state index contributed by atoms with van der Waals surface area (Å²) in [4.78, 5) is 25.1. The molecule has 2 heterocycles. The molecule has 1 aromatic carbocycles. The maximum Gasteiger partial charge on any atom is 0.164 e. The number of phosphoric acid groups is 1. The molecular weight excluding hydrogens is 331 g/mol. The number of hydrogen-bond donors (Lipinski definition) is 3. The first-order valence-corrected chi connectivity index (χ1v) is 8.06. The van der Waals surface area contributed by atoms with Crippen molar-refractivity contribution in [2.24, 2.45) is 0 Å². The quantitative estimate of drug-likeness (QED) is 0.544. The molecule has 0 aliphatic carbocycles. The van der Waals surface area contributed by atoms with Crippen molar-refractivity contribution >= 4 is 18.9 Å². The SMILES string of the molecule is O=P([O-])([O-])OC[C@H]1O[C@H](n2cnc3cc(O)ccc32)[C@H](O)[C@@H]1O. The van der Waals surface area contributed by atoms with Gasteiger partial charge in [-0.05, 0) is 12.1 Å². The van der Waals surface area contributed by atoms with Gasteiger partial charge in [-0.1, -0.05) is 0 Å². The zero-order valence-electron chi connectivity index (χ0n) is 11.6. The van der Waals surface area contributed by atoms with E-state index in [0.29, 0.717) is 11.0 Å². The monoisotopic (exact) mass is 344 g/mol. The van der Waals surface area contributed by atoms with Crippen molar-refractivity contribution in [3.05, 3.63) is 24.5 Å². The van der Waals surface area contributed by atoms with Crippen LogP contribution in [-0.2, 0) is 13.8 Å². The maximum atomic E-state index is 10.5. The summed E-state index contributed by atoms with van der Waals surface area (Å²) >= 11 is 0. The molecule has 1 aliphatic rings. The number of phenolic OH excluding ortho intramolecular Hbond substituents is 1. The van der Waals surface area contributed by atoms with Crippen LogP contribution in [0.2, 0.25) is 0 Å². The fourth-order valence-corrected chi connectivity index (χ4v) is 2.81. The molecule has 1 aliphatic heterocycles. The largest absolute Gasteiger partial charge is 0.790 e. The van der Waals surface area contributed by atoms with Crippen LogP contribution in [0.3, 0.4) is 0 Å². The Hall–Kier alpha value is -1.52. The van der Waals surface area contributed by atoms with E-state index >= 15 is 0 Å². The number of nitrogens with zero attached hydrogens (tertiary/aromatic N) is 2. The lowest BCUT2D eigenvalue weighted by Crippen LogP contribution is -2.34. The van der Waals surface area contributed by atoms with Gasteiger partial charge in [0.1, 0.15) is 24.1 Å². The smallest absolute Gasteiger partial charge is 0.164 e. The minimum atomic E-state index is -5.21. The number of fused-ring (bicyclic) bond motifs is 1. The highest BCUT2D eigenvalue weighted by molar-refractivity contribution is 7.43. The normalized spacial score (nSPS) is 28.5. The van der Waals surface area contributed by atoms with Gasteiger partial charge in [0, 0.05) is 6.07 Å². The Morgan fingerprint density at radius 2 is 2.09 bits per heavy atom. The number of aliphatic hydroxyl groups is 2. The first-order chi connectivity index (χ1) is 10.8. The fourth-order valence-electron chi connectivity index (χ4n) is 2.48. The molecule has 4 atom stereocenters. The second kappa shape index (κ2) is 5.84. The standard InChI is InChI=1S/C12H15N2O8P/c15-6-1-2-8-7(3-6)13-5-14(8)12-11(17)10(16)9(22-12)4-21-23(18,19)20/h1-3,5,9-12,15-17H,4H2,(H2,18,19,20)/p-2/t9-,10-,11-,12+/m1/s1. The number of phenols is 1. The van der Waals surface area contributed by atoms with E-state index in [-0.39, 0.29) is 5.75 Å². The van der Waals surface area contributed by atoms with E-state index in [1.54, 1.807) is 6.07 Å². The van der Waals surface area contributed by atoms with Crippen LogP contribution in [0.25, 0.3) is 11.0 Å². The molecule has 0 unspecified atom stereocenters. The molecule has 1 saturated heterocycles. The highest BCUT2D eigenvalue weighted by Gasteiger charge is 2.44. The third-order valence-corrected chi connectivity index (χ3v) is 4.03. The van der Waals surface area contributed by atoms with Gasteiger partial charge in [0.05, 0.1) is 31.8 Å². The minimum absolute atomic E-state index is 0.0172. The van der Waals surface area contributed by atoms with Gasteiger partial charge in [-0.3, -0.25) is 0 Å². The van der Waals surface area contributed by atoms with Gasteiger partial charge in [0.25, 0.3) is 0 Å². The van der Waals surface area contributed by atoms with E-state index < -0.39 is 39.0 Å². The zero-order valence-corrected chi connectivity index (χ0v) is 12.4. The topological polar surface area (TPSA) is 160 Å². The number of aliphatic hydroxyl groups excluding tert-OH is 2. The van der Waals surface area contributed by atoms with Gasteiger partial charge < -0.3 is 43.5 Å². The second-order valence-electron chi connectivity index (χ2n) is 5.11. The van der Waals surface area contributed by atoms with Gasteiger partial charge in [-0.25, -0.2) is 4.98 Å². The van der Waals surface area contributed by atoms with Crippen molar-refractivity contribution in [3.8, 4) is 5.75 Å². The summed E-state index contributed by atoms with van der Waals surface area (Å²) < 4.78 is 21.4. The van der Waals surface area contributed by atoms with Gasteiger partial charge in [0.2, 0.25) is 0 Å². The maximum absolute atomic E-state index is 10.5. The summed E-state index contributed by atoms with van der Waals surface area (Å²) in [5.74, 6) is 0.0172. The fraction of sp³-hybridized carbons (Fsp3) is 0.417. The molecule has 0 radical (unpaired) electrons. The van der Waals surface area contributed by atoms with Crippen molar-refractivity contribution in [1.82, 2.24) is 9.55 Å². The first-order valence-electron chi connectivity index (χ1n) is 6.60. The zero-order chi connectivity index (χ0) is 16.8. The van der Waals surface area contributed by atoms with E-state index in [1.807, 2.05) is 0 Å². The number of rotatable bonds is 4. The lowest BCUT2D eigenvalue weighted by molar-refractivity contribution is -0.343. The molecule has 1 fully saturated rings. The highest BCUT2D eigenvalue weighted by atomic mass is 31.2. The van der Waals surface area contributed by atoms with Gasteiger partial charge in [-0.15, -0.1) is 0 Å². The third-order valence-electron chi connectivity index (χ3n) is 3.57. The molecular formula is C12H13N2O8P-2.